The average molecular weight is 379 g/mol. The fourth-order valence-electron chi connectivity index (χ4n) is 4.32. The van der Waals surface area contributed by atoms with Crippen LogP contribution >= 0.6 is 0 Å². The Kier molecular flexibility index (Phi) is 6.49. The summed E-state index contributed by atoms with van der Waals surface area (Å²) < 4.78 is 11.4. The Hall–Kier alpha value is -2.22. The van der Waals surface area contributed by atoms with Gasteiger partial charge in [0, 0.05) is 17.5 Å². The summed E-state index contributed by atoms with van der Waals surface area (Å²) in [7, 11) is 3.49. The molecule has 0 aliphatic heterocycles. The molecule has 2 aromatic carbocycles. The van der Waals surface area contributed by atoms with E-state index in [1.807, 2.05) is 0 Å². The highest BCUT2D eigenvalue weighted by atomic mass is 16.5. The molecule has 0 bridgehead atoms. The number of methoxy groups -OCH3 is 2. The third-order valence-electron chi connectivity index (χ3n) is 6.12. The zero-order valence-corrected chi connectivity index (χ0v) is 18.2. The maximum absolute atomic E-state index is 5.74. The van der Waals surface area contributed by atoms with E-state index in [1.165, 1.54) is 27.8 Å². The smallest absolute Gasteiger partial charge is 0.126 e. The van der Waals surface area contributed by atoms with Crippen LogP contribution in [0.2, 0.25) is 0 Å². The minimum absolute atomic E-state index is 0.392. The molecule has 2 nitrogen and oxygen atoms in total. The van der Waals surface area contributed by atoms with Crippen molar-refractivity contribution in [2.24, 2.45) is 5.92 Å². The van der Waals surface area contributed by atoms with E-state index in [-0.39, 0.29) is 0 Å². The van der Waals surface area contributed by atoms with Crippen molar-refractivity contribution in [2.75, 3.05) is 14.2 Å². The molecule has 2 heteroatoms. The lowest BCUT2D eigenvalue weighted by atomic mass is 9.78. The molecule has 0 fully saturated rings. The number of allylic oxidation sites excluding steroid dienone is 2. The van der Waals surface area contributed by atoms with E-state index in [2.05, 4.69) is 70.2 Å². The molecule has 150 valence electrons. The predicted molar refractivity (Wildman–Crippen MR) is 118 cm³/mol. The fraction of sp³-hybridized carbons (Fsp3) is 0.462. The van der Waals surface area contributed by atoms with Crippen LogP contribution < -0.4 is 9.47 Å². The van der Waals surface area contributed by atoms with Gasteiger partial charge < -0.3 is 9.47 Å². The third-order valence-corrected chi connectivity index (χ3v) is 6.12. The van der Waals surface area contributed by atoms with E-state index in [0.717, 1.165) is 30.8 Å². The van der Waals surface area contributed by atoms with Gasteiger partial charge in [-0.2, -0.15) is 0 Å². The second-order valence-electron chi connectivity index (χ2n) is 8.49. The van der Waals surface area contributed by atoms with Gasteiger partial charge in [-0.15, -0.1) is 0 Å². The molecule has 0 aromatic heterocycles. The van der Waals surface area contributed by atoms with Gasteiger partial charge in [0.1, 0.15) is 11.5 Å². The highest BCUT2D eigenvalue weighted by Gasteiger charge is 2.24. The molecule has 2 atom stereocenters. The van der Waals surface area contributed by atoms with Gasteiger partial charge in [0.2, 0.25) is 0 Å². The molecule has 28 heavy (non-hydrogen) atoms. The number of aryl methyl sites for hydroxylation is 2. The van der Waals surface area contributed by atoms with E-state index >= 15 is 0 Å². The molecule has 1 aliphatic carbocycles. The summed E-state index contributed by atoms with van der Waals surface area (Å²) in [6, 6.07) is 11.3. The normalized spacial score (nSPS) is 19.1. The van der Waals surface area contributed by atoms with Crippen molar-refractivity contribution >= 4 is 0 Å². The van der Waals surface area contributed by atoms with Crippen molar-refractivity contribution in [3.63, 3.8) is 0 Å². The van der Waals surface area contributed by atoms with Crippen LogP contribution in [0.5, 0.6) is 11.5 Å². The quantitative estimate of drug-likeness (QED) is 0.518. The average Bonchev–Trinajstić information content (AvgIpc) is 2.69. The van der Waals surface area contributed by atoms with Crippen LogP contribution in [-0.4, -0.2) is 14.2 Å². The third kappa shape index (κ3) is 4.43. The van der Waals surface area contributed by atoms with Crippen molar-refractivity contribution < 1.29 is 9.47 Å². The first-order valence-electron chi connectivity index (χ1n) is 10.4. The Morgan fingerprint density at radius 2 is 1.71 bits per heavy atom. The van der Waals surface area contributed by atoms with Gasteiger partial charge >= 0.3 is 0 Å². The zero-order valence-electron chi connectivity index (χ0n) is 18.2. The Labute approximate surface area is 170 Å². The van der Waals surface area contributed by atoms with Crippen LogP contribution in [0.25, 0.3) is 0 Å². The SMILES string of the molecule is COc1cc(OC)c(C2C=CCC(Cc3ccc(C)c(C)c3)C2)cc1C(C)C. The first kappa shape index (κ1) is 20.5. The maximum atomic E-state index is 5.74. The minimum Gasteiger partial charge on any atom is -0.496 e. The first-order valence-corrected chi connectivity index (χ1v) is 10.4. The summed E-state index contributed by atoms with van der Waals surface area (Å²) in [5.41, 5.74) is 6.75. The minimum atomic E-state index is 0.392. The molecule has 0 spiro atoms. The summed E-state index contributed by atoms with van der Waals surface area (Å²) >= 11 is 0. The predicted octanol–water partition coefficient (Wildman–Crippen LogP) is 6.74. The van der Waals surface area contributed by atoms with E-state index in [4.69, 9.17) is 9.47 Å². The summed E-state index contributed by atoms with van der Waals surface area (Å²) in [4.78, 5) is 0. The Morgan fingerprint density at radius 1 is 0.964 bits per heavy atom. The molecular weight excluding hydrogens is 344 g/mol. The van der Waals surface area contributed by atoms with Gasteiger partial charge in [-0.05, 0) is 73.3 Å². The zero-order chi connectivity index (χ0) is 20.3. The Morgan fingerprint density at radius 3 is 2.36 bits per heavy atom. The van der Waals surface area contributed by atoms with Crippen molar-refractivity contribution in [2.45, 2.75) is 58.8 Å². The van der Waals surface area contributed by atoms with Gasteiger partial charge in [-0.3, -0.25) is 0 Å². The number of hydrogen-bond donors (Lipinski definition) is 0. The largest absolute Gasteiger partial charge is 0.496 e. The molecule has 0 amide bonds. The molecule has 0 radical (unpaired) electrons. The highest BCUT2D eigenvalue weighted by molar-refractivity contribution is 5.50. The van der Waals surface area contributed by atoms with E-state index < -0.39 is 0 Å². The van der Waals surface area contributed by atoms with Crippen LogP contribution in [0.1, 0.15) is 66.3 Å². The standard InChI is InChI=1S/C26H34O2/c1-17(2)23-15-24(26(28-6)16-25(23)27-5)22-9-7-8-20(14-22)13-21-11-10-18(3)19(4)12-21/h7,9-12,15-17,20,22H,8,13-14H2,1-6H3. The molecule has 3 rings (SSSR count). The van der Waals surface area contributed by atoms with Crippen molar-refractivity contribution in [3.8, 4) is 11.5 Å². The molecule has 2 unspecified atom stereocenters. The molecule has 2 aromatic rings. The molecule has 0 saturated heterocycles. The highest BCUT2D eigenvalue weighted by Crippen LogP contribution is 2.42. The van der Waals surface area contributed by atoms with Crippen LogP contribution in [-0.2, 0) is 6.42 Å². The number of benzene rings is 2. The lowest BCUT2D eigenvalue weighted by Gasteiger charge is -2.28. The maximum Gasteiger partial charge on any atom is 0.126 e. The van der Waals surface area contributed by atoms with Gasteiger partial charge in [0.15, 0.2) is 0 Å². The van der Waals surface area contributed by atoms with Crippen LogP contribution in [0.3, 0.4) is 0 Å². The number of rotatable bonds is 6. The van der Waals surface area contributed by atoms with E-state index in [1.54, 1.807) is 14.2 Å². The van der Waals surface area contributed by atoms with E-state index in [0.29, 0.717) is 17.8 Å². The Balaban J connectivity index is 1.85. The summed E-state index contributed by atoms with van der Waals surface area (Å²) in [5.74, 6) is 3.32. The van der Waals surface area contributed by atoms with E-state index in [9.17, 15) is 0 Å². The van der Waals surface area contributed by atoms with Gasteiger partial charge in [-0.1, -0.05) is 44.2 Å². The van der Waals surface area contributed by atoms with Gasteiger partial charge in [0.25, 0.3) is 0 Å². The monoisotopic (exact) mass is 378 g/mol. The second kappa shape index (κ2) is 8.86. The summed E-state index contributed by atoms with van der Waals surface area (Å²) in [5, 5.41) is 0. The summed E-state index contributed by atoms with van der Waals surface area (Å²) in [6.07, 6.45) is 8.17. The molecule has 1 aliphatic rings. The number of hydrogen-bond acceptors (Lipinski definition) is 2. The van der Waals surface area contributed by atoms with Crippen molar-refractivity contribution in [3.05, 3.63) is 70.3 Å². The lowest BCUT2D eigenvalue weighted by Crippen LogP contribution is -2.14. The second-order valence-corrected chi connectivity index (χ2v) is 8.49. The Bertz CT molecular complexity index is 848. The molecule has 0 N–H and O–H groups in total. The lowest BCUT2D eigenvalue weighted by molar-refractivity contribution is 0.379. The van der Waals surface area contributed by atoms with Crippen molar-refractivity contribution in [1.82, 2.24) is 0 Å². The molecule has 0 heterocycles. The first-order chi connectivity index (χ1) is 13.4. The summed E-state index contributed by atoms with van der Waals surface area (Å²) in [6.45, 7) is 8.82. The molecular formula is C26H34O2. The number of ether oxygens (including phenoxy) is 2. The van der Waals surface area contributed by atoms with Gasteiger partial charge in [-0.25, -0.2) is 0 Å². The van der Waals surface area contributed by atoms with Crippen LogP contribution in [0.4, 0.5) is 0 Å². The van der Waals surface area contributed by atoms with Crippen molar-refractivity contribution in [1.29, 1.82) is 0 Å². The fourth-order valence-corrected chi connectivity index (χ4v) is 4.32. The van der Waals surface area contributed by atoms with Crippen LogP contribution in [0, 0.1) is 19.8 Å². The van der Waals surface area contributed by atoms with Crippen LogP contribution in [0.15, 0.2) is 42.5 Å². The van der Waals surface area contributed by atoms with Gasteiger partial charge in [0.05, 0.1) is 14.2 Å². The molecule has 0 saturated carbocycles. The topological polar surface area (TPSA) is 18.5 Å².